The van der Waals surface area contributed by atoms with Gasteiger partial charge in [-0.2, -0.15) is 0 Å². The van der Waals surface area contributed by atoms with Crippen LogP contribution in [0, 0.1) is 0 Å². The van der Waals surface area contributed by atoms with Gasteiger partial charge in [0.05, 0.1) is 12.7 Å². The maximum atomic E-state index is 9.51. The summed E-state index contributed by atoms with van der Waals surface area (Å²) in [6.45, 7) is 4.37. The van der Waals surface area contributed by atoms with Crippen molar-refractivity contribution in [3.8, 4) is 0 Å². The summed E-state index contributed by atoms with van der Waals surface area (Å²) in [6.07, 6.45) is -0.483. The zero-order valence-electron chi connectivity index (χ0n) is 6.20. The van der Waals surface area contributed by atoms with Crippen molar-refractivity contribution in [1.29, 1.82) is 0 Å². The maximum absolute atomic E-state index is 9.51. The summed E-state index contributed by atoms with van der Waals surface area (Å²) in [5.41, 5.74) is -0.440. The lowest BCUT2D eigenvalue weighted by atomic mass is 9.96. The predicted molar refractivity (Wildman–Crippen MR) is 34.7 cm³/mol. The summed E-state index contributed by atoms with van der Waals surface area (Å²) in [5, 5.41) is 9.51. The first-order valence-electron chi connectivity index (χ1n) is 3.62. The van der Waals surface area contributed by atoms with Crippen molar-refractivity contribution in [2.24, 2.45) is 0 Å². The second kappa shape index (κ2) is 1.72. The maximum Gasteiger partial charge on any atom is 0.120 e. The van der Waals surface area contributed by atoms with Crippen molar-refractivity contribution in [2.45, 2.75) is 37.8 Å². The van der Waals surface area contributed by atoms with Crippen LogP contribution in [-0.4, -0.2) is 35.6 Å². The molecule has 2 aliphatic rings. The molecule has 1 N–H and O–H groups in total. The molecule has 0 aromatic rings. The van der Waals surface area contributed by atoms with Crippen LogP contribution in [-0.2, 0) is 9.47 Å². The largest absolute Gasteiger partial charge is 0.387 e. The van der Waals surface area contributed by atoms with Gasteiger partial charge in [0.2, 0.25) is 0 Å². The van der Waals surface area contributed by atoms with Gasteiger partial charge < -0.3 is 14.6 Å². The molecule has 0 unspecified atom stereocenters. The number of aliphatic hydroxyl groups is 1. The highest BCUT2D eigenvalue weighted by Crippen LogP contribution is 2.39. The molecule has 2 rings (SSSR count). The van der Waals surface area contributed by atoms with Gasteiger partial charge in [0.25, 0.3) is 0 Å². The third-order valence-electron chi connectivity index (χ3n) is 2.68. The Labute approximate surface area is 59.9 Å². The van der Waals surface area contributed by atoms with Gasteiger partial charge in [-0.25, -0.2) is 0 Å². The molecule has 2 bridgehead atoms. The van der Waals surface area contributed by atoms with Gasteiger partial charge in [0, 0.05) is 0 Å². The molecular formula is C7H12O3. The van der Waals surface area contributed by atoms with Crippen LogP contribution < -0.4 is 0 Å². The van der Waals surface area contributed by atoms with E-state index >= 15 is 0 Å². The Bertz CT molecular complexity index is 159. The Kier molecular flexibility index (Phi) is 1.14. The lowest BCUT2D eigenvalue weighted by molar-refractivity contribution is -0.133. The highest BCUT2D eigenvalue weighted by atomic mass is 16.6. The minimum Gasteiger partial charge on any atom is -0.387 e. The van der Waals surface area contributed by atoms with E-state index in [0.717, 1.165) is 0 Å². The number of hydrogen-bond acceptors (Lipinski definition) is 3. The minimum atomic E-state index is -0.440. The quantitative estimate of drug-likeness (QED) is 0.517. The first-order valence-corrected chi connectivity index (χ1v) is 3.62. The van der Waals surface area contributed by atoms with E-state index in [9.17, 15) is 5.11 Å². The summed E-state index contributed by atoms with van der Waals surface area (Å²) in [4.78, 5) is 0. The Morgan fingerprint density at radius 1 is 1.60 bits per heavy atom. The van der Waals surface area contributed by atoms with E-state index in [1.54, 1.807) is 0 Å². The third kappa shape index (κ3) is 0.557. The number of aliphatic hydroxyl groups excluding tert-OH is 1. The number of hydrogen-bond donors (Lipinski definition) is 1. The van der Waals surface area contributed by atoms with Gasteiger partial charge in [0.1, 0.15) is 17.8 Å². The Hall–Kier alpha value is -0.120. The number of rotatable bonds is 0. The standard InChI is InChI=1S/C7H12O3/c1-4-7(2)6(8)5(10-4)3-9-7/h4-6,8H,3H2,1-2H3/t4-,5-,6-,7-/m0/s1. The zero-order valence-corrected chi connectivity index (χ0v) is 6.20. The van der Waals surface area contributed by atoms with E-state index in [1.807, 2.05) is 13.8 Å². The van der Waals surface area contributed by atoms with Gasteiger partial charge in [-0.15, -0.1) is 0 Å². The smallest absolute Gasteiger partial charge is 0.120 e. The Balaban J connectivity index is 2.29. The van der Waals surface area contributed by atoms with Crippen LogP contribution >= 0.6 is 0 Å². The molecule has 0 aliphatic carbocycles. The summed E-state index contributed by atoms with van der Waals surface area (Å²) < 4.78 is 10.8. The van der Waals surface area contributed by atoms with Crippen molar-refractivity contribution in [1.82, 2.24) is 0 Å². The number of ether oxygens (including phenoxy) is 2. The van der Waals surface area contributed by atoms with Crippen LogP contribution in [0.1, 0.15) is 13.8 Å². The first kappa shape index (κ1) is 6.58. The molecule has 0 aromatic carbocycles. The van der Waals surface area contributed by atoms with Crippen LogP contribution in [0.15, 0.2) is 0 Å². The van der Waals surface area contributed by atoms with Gasteiger partial charge >= 0.3 is 0 Å². The molecule has 4 atom stereocenters. The third-order valence-corrected chi connectivity index (χ3v) is 2.68. The second-order valence-electron chi connectivity index (χ2n) is 3.26. The van der Waals surface area contributed by atoms with Crippen molar-refractivity contribution in [2.75, 3.05) is 6.61 Å². The summed E-state index contributed by atoms with van der Waals surface area (Å²) in [6, 6.07) is 0. The van der Waals surface area contributed by atoms with E-state index in [1.165, 1.54) is 0 Å². The topological polar surface area (TPSA) is 38.7 Å². The molecule has 58 valence electrons. The monoisotopic (exact) mass is 144 g/mol. The van der Waals surface area contributed by atoms with Crippen LogP contribution in [0.5, 0.6) is 0 Å². The first-order chi connectivity index (χ1) is 4.64. The van der Waals surface area contributed by atoms with Crippen molar-refractivity contribution in [3.63, 3.8) is 0 Å². The predicted octanol–water partition coefficient (Wildman–Crippen LogP) is -0.0765. The highest BCUT2D eigenvalue weighted by Gasteiger charge is 2.57. The molecule has 2 heterocycles. The fraction of sp³-hybridized carbons (Fsp3) is 1.00. The van der Waals surface area contributed by atoms with E-state index < -0.39 is 11.7 Å². The van der Waals surface area contributed by atoms with Crippen molar-refractivity contribution < 1.29 is 14.6 Å². The normalized spacial score (nSPS) is 59.7. The van der Waals surface area contributed by atoms with Crippen LogP contribution in [0.2, 0.25) is 0 Å². The van der Waals surface area contributed by atoms with Crippen LogP contribution in [0.3, 0.4) is 0 Å². The fourth-order valence-corrected chi connectivity index (χ4v) is 1.68. The SMILES string of the molecule is C[C@@H]1O[C@H]2CO[C@]1(C)[C@H]2O. The molecule has 2 saturated heterocycles. The van der Waals surface area contributed by atoms with E-state index in [0.29, 0.717) is 6.61 Å². The zero-order chi connectivity index (χ0) is 7.35. The number of fused-ring (bicyclic) bond motifs is 2. The Morgan fingerprint density at radius 2 is 2.30 bits per heavy atom. The molecule has 0 spiro atoms. The minimum absolute atomic E-state index is 0.0289. The summed E-state index contributed by atoms with van der Waals surface area (Å²) in [5.74, 6) is 0. The Morgan fingerprint density at radius 3 is 2.50 bits per heavy atom. The molecule has 0 aromatic heterocycles. The molecule has 3 nitrogen and oxygen atoms in total. The van der Waals surface area contributed by atoms with Gasteiger partial charge in [-0.05, 0) is 13.8 Å². The molecule has 2 fully saturated rings. The van der Waals surface area contributed by atoms with Crippen LogP contribution in [0.25, 0.3) is 0 Å². The van der Waals surface area contributed by atoms with Crippen molar-refractivity contribution >= 4 is 0 Å². The second-order valence-corrected chi connectivity index (χ2v) is 3.26. The highest BCUT2D eigenvalue weighted by molar-refractivity contribution is 5.05. The fourth-order valence-electron chi connectivity index (χ4n) is 1.68. The summed E-state index contributed by atoms with van der Waals surface area (Å²) in [7, 11) is 0. The molecule has 3 heteroatoms. The lowest BCUT2D eigenvalue weighted by Gasteiger charge is -2.28. The molecule has 0 saturated carbocycles. The van der Waals surface area contributed by atoms with Gasteiger partial charge in [-0.1, -0.05) is 0 Å². The van der Waals surface area contributed by atoms with E-state index in [2.05, 4.69) is 0 Å². The van der Waals surface area contributed by atoms with Gasteiger partial charge in [0.15, 0.2) is 0 Å². The molecular weight excluding hydrogens is 132 g/mol. The summed E-state index contributed by atoms with van der Waals surface area (Å²) >= 11 is 0. The van der Waals surface area contributed by atoms with Crippen LogP contribution in [0.4, 0.5) is 0 Å². The average molecular weight is 144 g/mol. The van der Waals surface area contributed by atoms with Crippen molar-refractivity contribution in [3.05, 3.63) is 0 Å². The molecule has 0 radical (unpaired) electrons. The molecule has 10 heavy (non-hydrogen) atoms. The molecule has 2 aliphatic heterocycles. The lowest BCUT2D eigenvalue weighted by Crippen LogP contribution is -2.42. The van der Waals surface area contributed by atoms with Gasteiger partial charge in [-0.3, -0.25) is 0 Å². The van der Waals surface area contributed by atoms with E-state index in [4.69, 9.17) is 9.47 Å². The molecule has 0 amide bonds. The van der Waals surface area contributed by atoms with E-state index in [-0.39, 0.29) is 12.2 Å². The average Bonchev–Trinajstić information content (AvgIpc) is 2.25.